The van der Waals surface area contributed by atoms with Crippen LogP contribution in [0.25, 0.3) is 0 Å². The number of hydrazine groups is 1. The van der Waals surface area contributed by atoms with Gasteiger partial charge >= 0.3 is 0 Å². The molecule has 0 radical (unpaired) electrons. The zero-order valence-corrected chi connectivity index (χ0v) is 21.7. The zero-order valence-electron chi connectivity index (χ0n) is 21.7. The molecule has 2 unspecified atom stereocenters. The van der Waals surface area contributed by atoms with E-state index in [4.69, 9.17) is 4.98 Å². The van der Waals surface area contributed by atoms with Crippen LogP contribution >= 0.6 is 0 Å². The number of aliphatic hydroxyl groups is 1. The molecule has 0 aromatic carbocycles. The van der Waals surface area contributed by atoms with Crippen LogP contribution in [-0.4, -0.2) is 52.9 Å². The molecule has 6 rings (SSSR count). The summed E-state index contributed by atoms with van der Waals surface area (Å²) < 4.78 is 0. The van der Waals surface area contributed by atoms with Gasteiger partial charge in [-0.1, -0.05) is 6.07 Å². The first-order chi connectivity index (χ1) is 18.6. The molecular weight excluding hydrogens is 476 g/mol. The quantitative estimate of drug-likeness (QED) is 0.200. The van der Waals surface area contributed by atoms with Crippen LogP contribution in [0.2, 0.25) is 0 Å². The molecule has 5 aromatic rings. The van der Waals surface area contributed by atoms with Gasteiger partial charge in [-0.3, -0.25) is 15.1 Å². The molecule has 0 saturated carbocycles. The van der Waals surface area contributed by atoms with Gasteiger partial charge in [-0.05, 0) is 87.7 Å². The highest BCUT2D eigenvalue weighted by Gasteiger charge is 2.74. The molecule has 1 aliphatic heterocycles. The van der Waals surface area contributed by atoms with Crippen LogP contribution in [0.5, 0.6) is 0 Å². The highest BCUT2D eigenvalue weighted by atomic mass is 16.3. The Labute approximate surface area is 221 Å². The molecule has 0 spiro atoms. The maximum atomic E-state index is 10.8. The number of pyridine rings is 1. The van der Waals surface area contributed by atoms with Crippen LogP contribution < -0.4 is 10.0 Å². The minimum Gasteiger partial charge on any atom is -0.396 e. The molecule has 1 aliphatic rings. The maximum Gasteiger partial charge on any atom is 0.147 e. The number of anilines is 2. The average molecular weight is 511 g/mol. The molecule has 38 heavy (non-hydrogen) atoms. The van der Waals surface area contributed by atoms with Crippen molar-refractivity contribution in [2.24, 2.45) is 0 Å². The molecule has 196 valence electrons. The Balaban J connectivity index is 1.72. The number of aliphatic hydroxyl groups excluding tert-OH is 1. The fourth-order valence-electron chi connectivity index (χ4n) is 7.08. The van der Waals surface area contributed by atoms with Crippen LogP contribution in [0.1, 0.15) is 43.8 Å². The number of aromatic nitrogens is 6. The van der Waals surface area contributed by atoms with Gasteiger partial charge in [-0.2, -0.15) is 5.10 Å². The van der Waals surface area contributed by atoms with E-state index >= 15 is 0 Å². The second kappa shape index (κ2) is 9.25. The van der Waals surface area contributed by atoms with Crippen molar-refractivity contribution in [1.82, 2.24) is 30.1 Å². The lowest BCUT2D eigenvalue weighted by molar-refractivity contribution is 0.159. The molecule has 1 fully saturated rings. The molecular formula is C29H34N8O. The normalized spacial score (nSPS) is 22.8. The highest BCUT2D eigenvalue weighted by Crippen LogP contribution is 2.63. The second-order valence-electron chi connectivity index (χ2n) is 10.4. The Bertz CT molecular complexity index is 1380. The third-order valence-electron chi connectivity index (χ3n) is 8.33. The summed E-state index contributed by atoms with van der Waals surface area (Å²) in [4.78, 5) is 15.3. The van der Waals surface area contributed by atoms with E-state index in [-0.39, 0.29) is 6.61 Å². The minimum absolute atomic E-state index is 0.00463. The number of aryl methyl sites for hydroxylation is 1. The van der Waals surface area contributed by atoms with Crippen molar-refractivity contribution < 1.29 is 5.11 Å². The third-order valence-corrected chi connectivity index (χ3v) is 8.33. The van der Waals surface area contributed by atoms with Crippen molar-refractivity contribution in [2.45, 2.75) is 49.6 Å². The van der Waals surface area contributed by atoms with Crippen LogP contribution in [0.4, 0.5) is 11.6 Å². The van der Waals surface area contributed by atoms with Gasteiger partial charge in [0, 0.05) is 49.0 Å². The fourth-order valence-corrected chi connectivity index (χ4v) is 7.08. The lowest BCUT2D eigenvalue weighted by Crippen LogP contribution is -2.62. The summed E-state index contributed by atoms with van der Waals surface area (Å²) >= 11 is 0. The van der Waals surface area contributed by atoms with Gasteiger partial charge in [0.25, 0.3) is 0 Å². The first kappa shape index (κ1) is 24.1. The second-order valence-corrected chi connectivity index (χ2v) is 10.4. The van der Waals surface area contributed by atoms with E-state index in [9.17, 15) is 5.11 Å². The van der Waals surface area contributed by atoms with Gasteiger partial charge in [0.1, 0.15) is 17.1 Å². The third kappa shape index (κ3) is 3.28. The highest BCUT2D eigenvalue weighted by molar-refractivity contribution is 5.68. The topological polar surface area (TPSA) is 116 Å². The minimum atomic E-state index is -0.696. The van der Waals surface area contributed by atoms with Crippen molar-refractivity contribution in [3.63, 3.8) is 0 Å². The Hall–Kier alpha value is -4.24. The number of hydrogen-bond donors (Lipinski definition) is 5. The molecule has 0 aliphatic carbocycles. The van der Waals surface area contributed by atoms with Crippen LogP contribution in [-0.2, 0) is 11.8 Å². The number of rotatable bonds is 9. The van der Waals surface area contributed by atoms with Crippen molar-refractivity contribution in [3.05, 3.63) is 109 Å². The van der Waals surface area contributed by atoms with E-state index in [2.05, 4.69) is 73.3 Å². The molecule has 1 saturated heterocycles. The Morgan fingerprint density at radius 3 is 2.24 bits per heavy atom. The Morgan fingerprint density at radius 1 is 0.789 bits per heavy atom. The van der Waals surface area contributed by atoms with E-state index < -0.39 is 16.5 Å². The number of aromatic amines is 4. The van der Waals surface area contributed by atoms with Crippen molar-refractivity contribution >= 4 is 11.6 Å². The van der Waals surface area contributed by atoms with Crippen LogP contribution in [0, 0.1) is 0 Å². The molecule has 5 N–H and O–H groups in total. The lowest BCUT2D eigenvalue weighted by Gasteiger charge is -2.50. The SMILES string of the molecule is CC1(C)N(c2ccccn2)N(c2ccc[nH]2)C(CCO)(CCc2ccc[nH]2)C1(c1ccc[nH]1)c1ccn[nH]1. The number of hydrogen-bond acceptors (Lipinski definition) is 5. The van der Waals surface area contributed by atoms with E-state index in [1.807, 2.05) is 67.4 Å². The first-order valence-corrected chi connectivity index (χ1v) is 13.1. The van der Waals surface area contributed by atoms with E-state index in [0.29, 0.717) is 6.42 Å². The van der Waals surface area contributed by atoms with E-state index in [0.717, 1.165) is 41.6 Å². The Kier molecular flexibility index (Phi) is 5.87. The number of nitrogens with one attached hydrogen (secondary N) is 4. The molecule has 2 atom stereocenters. The largest absolute Gasteiger partial charge is 0.396 e. The summed E-state index contributed by atoms with van der Waals surface area (Å²) in [6.45, 7) is 4.52. The monoisotopic (exact) mass is 510 g/mol. The zero-order chi connectivity index (χ0) is 26.2. The number of H-pyrrole nitrogens is 4. The predicted molar refractivity (Wildman–Crippen MR) is 148 cm³/mol. The summed E-state index contributed by atoms with van der Waals surface area (Å²) in [6, 6.07) is 20.5. The average Bonchev–Trinajstić information content (AvgIpc) is 3.75. The first-order valence-electron chi connectivity index (χ1n) is 13.1. The lowest BCUT2D eigenvalue weighted by atomic mass is 9.54. The van der Waals surface area contributed by atoms with Crippen LogP contribution in [0.15, 0.2) is 91.6 Å². The van der Waals surface area contributed by atoms with E-state index in [1.165, 1.54) is 0 Å². The smallest absolute Gasteiger partial charge is 0.147 e. The number of nitrogens with zero attached hydrogens (tertiary/aromatic N) is 4. The van der Waals surface area contributed by atoms with E-state index in [1.54, 1.807) is 0 Å². The van der Waals surface area contributed by atoms with Gasteiger partial charge in [-0.25, -0.2) is 4.98 Å². The summed E-state index contributed by atoms with van der Waals surface area (Å²) in [5, 5.41) is 23.2. The summed E-state index contributed by atoms with van der Waals surface area (Å²) in [6.07, 6.45) is 11.5. The van der Waals surface area contributed by atoms with Crippen molar-refractivity contribution in [1.29, 1.82) is 0 Å². The molecule has 6 heterocycles. The summed E-state index contributed by atoms with van der Waals surface area (Å²) in [7, 11) is 0. The van der Waals surface area contributed by atoms with Gasteiger partial charge in [0.15, 0.2) is 0 Å². The molecule has 9 nitrogen and oxygen atoms in total. The molecule has 9 heteroatoms. The van der Waals surface area contributed by atoms with Gasteiger partial charge in [0.2, 0.25) is 0 Å². The van der Waals surface area contributed by atoms with Gasteiger partial charge in [-0.15, -0.1) is 0 Å². The van der Waals surface area contributed by atoms with Gasteiger partial charge < -0.3 is 20.1 Å². The van der Waals surface area contributed by atoms with Crippen molar-refractivity contribution in [3.8, 4) is 0 Å². The summed E-state index contributed by atoms with van der Waals surface area (Å²) in [5.41, 5.74) is 1.22. The predicted octanol–water partition coefficient (Wildman–Crippen LogP) is 4.55. The van der Waals surface area contributed by atoms with Crippen LogP contribution in [0.3, 0.4) is 0 Å². The molecule has 0 amide bonds. The van der Waals surface area contributed by atoms with Crippen molar-refractivity contribution in [2.75, 3.05) is 16.6 Å². The Morgan fingerprint density at radius 2 is 1.61 bits per heavy atom. The standard InChI is InChI=1S/C29H34N8O/c1-27(2)29(23-9-6-18-31-23,24-13-20-34-35-24)28(15-21-38,14-12-22-8-5-17-30-22)37(26-11-7-19-33-26)36(27)25-10-3-4-16-32-25/h3-11,13,16-20,30-31,33,38H,12,14-15,21H2,1-2H3,(H,34,35). The fraction of sp³-hybridized carbons (Fsp3) is 0.310. The maximum absolute atomic E-state index is 10.8. The summed E-state index contributed by atoms with van der Waals surface area (Å²) in [5.74, 6) is 1.75. The van der Waals surface area contributed by atoms with Gasteiger partial charge in [0.05, 0.1) is 16.8 Å². The molecule has 5 aromatic heterocycles. The molecule has 0 bridgehead atoms.